The van der Waals surface area contributed by atoms with Gasteiger partial charge in [0.15, 0.2) is 0 Å². The number of hydrogen-bond acceptors (Lipinski definition) is 3. The summed E-state index contributed by atoms with van der Waals surface area (Å²) < 4.78 is 0. The van der Waals surface area contributed by atoms with Crippen molar-refractivity contribution in [3.63, 3.8) is 0 Å². The molecule has 0 atom stereocenters. The Hall–Kier alpha value is -1.39. The molecule has 0 aliphatic carbocycles. The molecule has 0 aromatic carbocycles. The van der Waals surface area contributed by atoms with Crippen LogP contribution < -0.4 is 5.32 Å². The quantitative estimate of drug-likeness (QED) is 0.671. The monoisotopic (exact) mass is 198 g/mol. The molecule has 0 unspecified atom stereocenters. The average molecular weight is 198 g/mol. The fourth-order valence-corrected chi connectivity index (χ4v) is 1.19. The number of imide groups is 2. The smallest absolute Gasteiger partial charge is 0.277 e. The summed E-state index contributed by atoms with van der Waals surface area (Å²) in [4.78, 5) is 34.4. The summed E-state index contributed by atoms with van der Waals surface area (Å²) in [5.41, 5.74) is 0. The predicted octanol–water partition coefficient (Wildman–Crippen LogP) is 0.501. The third-order valence-electron chi connectivity index (χ3n) is 2.03. The van der Waals surface area contributed by atoms with Gasteiger partial charge in [-0.3, -0.25) is 19.8 Å². The lowest BCUT2D eigenvalue weighted by Gasteiger charge is -2.25. The largest absolute Gasteiger partial charge is 0.330 e. The summed E-state index contributed by atoms with van der Waals surface area (Å²) in [6.07, 6.45) is 0.539. The van der Waals surface area contributed by atoms with Crippen LogP contribution in [-0.4, -0.2) is 29.3 Å². The molecule has 1 rings (SSSR count). The van der Waals surface area contributed by atoms with Crippen LogP contribution in [0, 0.1) is 5.92 Å². The third-order valence-corrected chi connectivity index (χ3v) is 2.03. The molecule has 0 aromatic rings. The zero-order valence-electron chi connectivity index (χ0n) is 8.37. The summed E-state index contributed by atoms with van der Waals surface area (Å²) in [6, 6.07) is -0.591. The minimum Gasteiger partial charge on any atom is -0.277 e. The predicted molar refractivity (Wildman–Crippen MR) is 49.3 cm³/mol. The van der Waals surface area contributed by atoms with E-state index in [0.29, 0.717) is 12.5 Å². The lowest BCUT2D eigenvalue weighted by Crippen LogP contribution is -2.52. The molecule has 1 heterocycles. The van der Waals surface area contributed by atoms with Crippen molar-refractivity contribution in [2.75, 3.05) is 6.54 Å². The molecule has 0 radical (unpaired) electrons. The number of nitrogens with one attached hydrogen (secondary N) is 1. The lowest BCUT2D eigenvalue weighted by molar-refractivity contribution is -0.136. The maximum absolute atomic E-state index is 11.3. The Bertz CT molecular complexity index is 253. The van der Waals surface area contributed by atoms with E-state index >= 15 is 0 Å². The molecule has 5 heteroatoms. The molecule has 1 saturated heterocycles. The highest BCUT2D eigenvalue weighted by Gasteiger charge is 2.30. The van der Waals surface area contributed by atoms with E-state index in [4.69, 9.17) is 0 Å². The van der Waals surface area contributed by atoms with Crippen LogP contribution in [0.1, 0.15) is 26.7 Å². The van der Waals surface area contributed by atoms with Gasteiger partial charge in [-0.05, 0) is 12.3 Å². The first-order valence-electron chi connectivity index (χ1n) is 4.65. The number of hydrogen-bond donors (Lipinski definition) is 1. The summed E-state index contributed by atoms with van der Waals surface area (Å²) in [6.45, 7) is 4.41. The normalized spacial score (nSPS) is 17.6. The second-order valence-electron chi connectivity index (χ2n) is 3.76. The molecular weight excluding hydrogens is 184 g/mol. The van der Waals surface area contributed by atoms with E-state index in [1.165, 1.54) is 0 Å². The third kappa shape index (κ3) is 2.55. The summed E-state index contributed by atoms with van der Waals surface area (Å²) in [7, 11) is 0. The lowest BCUT2D eigenvalue weighted by atomic mass is 10.1. The van der Waals surface area contributed by atoms with Gasteiger partial charge in [0, 0.05) is 6.54 Å². The Balaban J connectivity index is 2.54. The molecule has 1 aliphatic heterocycles. The molecular formula is C9H14N2O3. The Morgan fingerprint density at radius 2 is 2.00 bits per heavy atom. The maximum Gasteiger partial charge on any atom is 0.330 e. The van der Waals surface area contributed by atoms with E-state index in [-0.39, 0.29) is 6.42 Å². The van der Waals surface area contributed by atoms with Crippen molar-refractivity contribution in [3.05, 3.63) is 0 Å². The van der Waals surface area contributed by atoms with Crippen molar-refractivity contribution in [2.45, 2.75) is 26.7 Å². The van der Waals surface area contributed by atoms with Crippen LogP contribution in [0.5, 0.6) is 0 Å². The van der Waals surface area contributed by atoms with Crippen LogP contribution >= 0.6 is 0 Å². The van der Waals surface area contributed by atoms with Crippen LogP contribution in [-0.2, 0) is 9.59 Å². The molecule has 5 nitrogen and oxygen atoms in total. The zero-order chi connectivity index (χ0) is 10.7. The van der Waals surface area contributed by atoms with E-state index < -0.39 is 17.8 Å². The van der Waals surface area contributed by atoms with Crippen molar-refractivity contribution in [3.8, 4) is 0 Å². The van der Waals surface area contributed by atoms with Gasteiger partial charge in [0.05, 0.1) is 0 Å². The van der Waals surface area contributed by atoms with Gasteiger partial charge < -0.3 is 0 Å². The molecule has 1 fully saturated rings. The van der Waals surface area contributed by atoms with Gasteiger partial charge in [0.2, 0.25) is 11.8 Å². The first kappa shape index (κ1) is 10.7. The fourth-order valence-electron chi connectivity index (χ4n) is 1.19. The topological polar surface area (TPSA) is 66.5 Å². The highest BCUT2D eigenvalue weighted by atomic mass is 16.2. The first-order valence-corrected chi connectivity index (χ1v) is 4.65. The minimum atomic E-state index is -0.591. The number of rotatable bonds is 3. The summed E-state index contributed by atoms with van der Waals surface area (Å²) >= 11 is 0. The SMILES string of the molecule is CC(C)CCN1C(=O)CC(=O)NC1=O. The second-order valence-corrected chi connectivity index (χ2v) is 3.76. The molecule has 1 N–H and O–H groups in total. The second kappa shape index (κ2) is 4.21. The molecule has 4 amide bonds. The van der Waals surface area contributed by atoms with Crippen molar-refractivity contribution >= 4 is 17.8 Å². The summed E-state index contributed by atoms with van der Waals surface area (Å²) in [5.74, 6) is -0.492. The number of barbiturate groups is 1. The van der Waals surface area contributed by atoms with Gasteiger partial charge in [-0.15, -0.1) is 0 Å². The number of carbonyl (C=O) groups excluding carboxylic acids is 3. The Morgan fingerprint density at radius 3 is 2.50 bits per heavy atom. The van der Waals surface area contributed by atoms with E-state index in [1.54, 1.807) is 0 Å². The molecule has 1 aliphatic rings. The standard InChI is InChI=1S/C9H14N2O3/c1-6(2)3-4-11-8(13)5-7(12)10-9(11)14/h6H,3-5H2,1-2H3,(H,10,12,14). The maximum atomic E-state index is 11.3. The average Bonchev–Trinajstić information content (AvgIpc) is 2.01. The summed E-state index contributed by atoms with van der Waals surface area (Å²) in [5, 5.41) is 2.11. The molecule has 0 aromatic heterocycles. The number of nitrogens with zero attached hydrogens (tertiary/aromatic N) is 1. The van der Waals surface area contributed by atoms with Gasteiger partial charge in [-0.25, -0.2) is 4.79 Å². The fraction of sp³-hybridized carbons (Fsp3) is 0.667. The highest BCUT2D eigenvalue weighted by molar-refractivity contribution is 6.14. The Morgan fingerprint density at radius 1 is 1.36 bits per heavy atom. The Labute approximate surface area is 82.4 Å². The zero-order valence-corrected chi connectivity index (χ0v) is 8.37. The molecule has 0 saturated carbocycles. The van der Waals surface area contributed by atoms with Gasteiger partial charge in [0.25, 0.3) is 0 Å². The molecule has 14 heavy (non-hydrogen) atoms. The number of urea groups is 1. The van der Waals surface area contributed by atoms with Crippen molar-refractivity contribution in [1.82, 2.24) is 10.2 Å². The highest BCUT2D eigenvalue weighted by Crippen LogP contribution is 2.07. The van der Waals surface area contributed by atoms with Crippen molar-refractivity contribution < 1.29 is 14.4 Å². The number of carbonyl (C=O) groups is 3. The molecule has 0 bridgehead atoms. The van der Waals surface area contributed by atoms with Gasteiger partial charge >= 0.3 is 6.03 Å². The van der Waals surface area contributed by atoms with Crippen LogP contribution in [0.25, 0.3) is 0 Å². The van der Waals surface area contributed by atoms with Crippen LogP contribution in [0.15, 0.2) is 0 Å². The van der Waals surface area contributed by atoms with E-state index in [1.807, 2.05) is 13.8 Å². The van der Waals surface area contributed by atoms with E-state index in [0.717, 1.165) is 11.3 Å². The van der Waals surface area contributed by atoms with Gasteiger partial charge in [-0.1, -0.05) is 13.8 Å². The van der Waals surface area contributed by atoms with Crippen LogP contribution in [0.3, 0.4) is 0 Å². The van der Waals surface area contributed by atoms with Crippen molar-refractivity contribution in [2.24, 2.45) is 5.92 Å². The first-order chi connectivity index (χ1) is 6.50. The van der Waals surface area contributed by atoms with Gasteiger partial charge in [-0.2, -0.15) is 0 Å². The van der Waals surface area contributed by atoms with E-state index in [9.17, 15) is 14.4 Å². The van der Waals surface area contributed by atoms with Crippen LogP contribution in [0.2, 0.25) is 0 Å². The van der Waals surface area contributed by atoms with Gasteiger partial charge in [0.1, 0.15) is 6.42 Å². The Kier molecular flexibility index (Phi) is 3.22. The molecule has 78 valence electrons. The number of amides is 4. The van der Waals surface area contributed by atoms with Crippen LogP contribution in [0.4, 0.5) is 4.79 Å². The molecule has 0 spiro atoms. The van der Waals surface area contributed by atoms with Crippen molar-refractivity contribution in [1.29, 1.82) is 0 Å². The van der Waals surface area contributed by atoms with E-state index in [2.05, 4.69) is 5.32 Å². The minimum absolute atomic E-state index is 0.218.